The second kappa shape index (κ2) is 11.3. The highest BCUT2D eigenvalue weighted by molar-refractivity contribution is 7.09. The van der Waals surface area contributed by atoms with Gasteiger partial charge in [-0.1, -0.05) is 13.8 Å². The van der Waals surface area contributed by atoms with Crippen LogP contribution >= 0.6 is 11.5 Å². The number of anilines is 2. The third-order valence-electron chi connectivity index (χ3n) is 5.56. The van der Waals surface area contributed by atoms with Crippen LogP contribution in [0.4, 0.5) is 11.4 Å². The van der Waals surface area contributed by atoms with E-state index in [4.69, 9.17) is 20.9 Å². The standard InChI is InChI=1S/C23H31N5O5S/c1-13(2)11-17(22(30)26-12-16-5-4-10-33-16)28(14-6-8-15(32-3)9-7-14)23(31)20-18(24)19(21(25)29)27-34-20/h6-9,13,16-17H,4-5,10-12,24H2,1-3H3,(H2,25,29)(H,26,30)/t16-,17-/m0/s1. The van der Waals surface area contributed by atoms with Gasteiger partial charge in [0.15, 0.2) is 5.69 Å². The molecule has 3 rings (SSSR count). The average Bonchev–Trinajstić information content (AvgIpc) is 3.46. The number of primary amides is 1. The highest BCUT2D eigenvalue weighted by atomic mass is 32.1. The minimum absolute atomic E-state index is 0.0379. The van der Waals surface area contributed by atoms with E-state index in [1.807, 2.05) is 13.8 Å². The van der Waals surface area contributed by atoms with Crippen LogP contribution in [0.25, 0.3) is 0 Å². The molecule has 1 aliphatic rings. The lowest BCUT2D eigenvalue weighted by Crippen LogP contribution is -2.51. The molecule has 0 unspecified atom stereocenters. The molecule has 0 bridgehead atoms. The molecule has 11 heteroatoms. The summed E-state index contributed by atoms with van der Waals surface area (Å²) in [5, 5.41) is 2.95. The first-order valence-electron chi connectivity index (χ1n) is 11.1. The van der Waals surface area contributed by atoms with Crippen molar-refractivity contribution < 1.29 is 23.9 Å². The monoisotopic (exact) mass is 489 g/mol. The maximum Gasteiger partial charge on any atom is 0.272 e. The Morgan fingerprint density at radius 1 is 1.29 bits per heavy atom. The molecule has 34 heavy (non-hydrogen) atoms. The van der Waals surface area contributed by atoms with Crippen LogP contribution in [0.15, 0.2) is 24.3 Å². The van der Waals surface area contributed by atoms with Crippen LogP contribution in [0.5, 0.6) is 5.75 Å². The van der Waals surface area contributed by atoms with Crippen molar-refractivity contribution in [2.45, 2.75) is 45.3 Å². The minimum Gasteiger partial charge on any atom is -0.497 e. The van der Waals surface area contributed by atoms with Crippen molar-refractivity contribution in [3.8, 4) is 5.75 Å². The van der Waals surface area contributed by atoms with E-state index in [9.17, 15) is 14.4 Å². The van der Waals surface area contributed by atoms with Crippen molar-refractivity contribution in [1.82, 2.24) is 9.69 Å². The molecule has 1 aromatic carbocycles. The van der Waals surface area contributed by atoms with Crippen molar-refractivity contribution in [2.75, 3.05) is 30.9 Å². The lowest BCUT2D eigenvalue weighted by atomic mass is 10.00. The fourth-order valence-electron chi connectivity index (χ4n) is 3.83. The second-order valence-electron chi connectivity index (χ2n) is 8.54. The summed E-state index contributed by atoms with van der Waals surface area (Å²) in [4.78, 5) is 40.3. The molecule has 3 amide bonds. The molecule has 0 aliphatic carbocycles. The maximum absolute atomic E-state index is 13.8. The zero-order valence-electron chi connectivity index (χ0n) is 19.6. The number of nitrogens with two attached hydrogens (primary N) is 2. The van der Waals surface area contributed by atoms with Gasteiger partial charge in [0.1, 0.15) is 16.7 Å². The number of benzene rings is 1. The van der Waals surface area contributed by atoms with Gasteiger partial charge in [0, 0.05) is 18.8 Å². The van der Waals surface area contributed by atoms with E-state index in [0.717, 1.165) is 24.4 Å². The van der Waals surface area contributed by atoms with Gasteiger partial charge in [-0.2, -0.15) is 4.37 Å². The molecule has 0 saturated carbocycles. The molecule has 0 radical (unpaired) electrons. The van der Waals surface area contributed by atoms with E-state index >= 15 is 0 Å². The fraction of sp³-hybridized carbons (Fsp3) is 0.478. The molecule has 0 spiro atoms. The number of aromatic nitrogens is 1. The van der Waals surface area contributed by atoms with Crippen molar-refractivity contribution in [2.24, 2.45) is 11.7 Å². The minimum atomic E-state index is -0.833. The Balaban J connectivity index is 1.99. The topological polar surface area (TPSA) is 150 Å². The van der Waals surface area contributed by atoms with Crippen molar-refractivity contribution in [3.05, 3.63) is 34.8 Å². The van der Waals surface area contributed by atoms with Crippen LogP contribution in [0, 0.1) is 5.92 Å². The molecule has 184 valence electrons. The first-order chi connectivity index (χ1) is 16.2. The third kappa shape index (κ3) is 5.84. The molecule has 2 heterocycles. The van der Waals surface area contributed by atoms with Gasteiger partial charge in [-0.15, -0.1) is 0 Å². The molecule has 2 atom stereocenters. The predicted octanol–water partition coefficient (Wildman–Crippen LogP) is 2.19. The number of ether oxygens (including phenoxy) is 2. The van der Waals surface area contributed by atoms with Gasteiger partial charge in [0.05, 0.1) is 18.9 Å². The zero-order chi connectivity index (χ0) is 24.8. The molecule has 10 nitrogen and oxygen atoms in total. The smallest absolute Gasteiger partial charge is 0.272 e. The Hall–Kier alpha value is -3.18. The molecular weight excluding hydrogens is 458 g/mol. The highest BCUT2D eigenvalue weighted by Crippen LogP contribution is 2.30. The largest absolute Gasteiger partial charge is 0.497 e. The highest BCUT2D eigenvalue weighted by Gasteiger charge is 2.35. The number of nitrogen functional groups attached to an aromatic ring is 1. The van der Waals surface area contributed by atoms with Crippen LogP contribution in [-0.2, 0) is 9.53 Å². The number of nitrogens with one attached hydrogen (secondary N) is 1. The molecule has 5 N–H and O–H groups in total. The summed E-state index contributed by atoms with van der Waals surface area (Å²) in [5.74, 6) is -0.950. The van der Waals surface area contributed by atoms with E-state index in [0.29, 0.717) is 31.0 Å². The van der Waals surface area contributed by atoms with E-state index in [2.05, 4.69) is 9.69 Å². The summed E-state index contributed by atoms with van der Waals surface area (Å²) in [6.07, 6.45) is 2.20. The summed E-state index contributed by atoms with van der Waals surface area (Å²) < 4.78 is 14.8. The Kier molecular flexibility index (Phi) is 8.46. The van der Waals surface area contributed by atoms with Crippen LogP contribution in [0.2, 0.25) is 0 Å². The Bertz CT molecular complexity index is 1020. The average molecular weight is 490 g/mol. The Morgan fingerprint density at radius 3 is 2.53 bits per heavy atom. The number of amides is 3. The molecule has 1 fully saturated rings. The quantitative estimate of drug-likeness (QED) is 0.463. The number of rotatable bonds is 10. The number of nitrogens with zero attached hydrogens (tertiary/aromatic N) is 2. The number of carbonyl (C=O) groups excluding carboxylic acids is 3. The van der Waals surface area contributed by atoms with Gasteiger partial charge in [-0.05, 0) is 61.0 Å². The number of hydrogen-bond donors (Lipinski definition) is 3. The molecule has 2 aromatic rings. The van der Waals surface area contributed by atoms with Gasteiger partial charge in [0.25, 0.3) is 11.8 Å². The van der Waals surface area contributed by atoms with Gasteiger partial charge < -0.3 is 26.3 Å². The number of methoxy groups -OCH3 is 1. The van der Waals surface area contributed by atoms with E-state index in [-0.39, 0.29) is 34.2 Å². The van der Waals surface area contributed by atoms with Crippen LogP contribution in [0.1, 0.15) is 53.3 Å². The zero-order valence-corrected chi connectivity index (χ0v) is 20.4. The molecule has 1 saturated heterocycles. The summed E-state index contributed by atoms with van der Waals surface area (Å²) in [5.41, 5.74) is 11.6. The number of hydrogen-bond acceptors (Lipinski definition) is 8. The van der Waals surface area contributed by atoms with Gasteiger partial charge >= 0.3 is 0 Å². The van der Waals surface area contributed by atoms with Crippen molar-refractivity contribution in [1.29, 1.82) is 0 Å². The first kappa shape index (κ1) is 25.4. The van der Waals surface area contributed by atoms with E-state index < -0.39 is 17.9 Å². The maximum atomic E-state index is 13.8. The van der Waals surface area contributed by atoms with E-state index in [1.54, 1.807) is 31.4 Å². The van der Waals surface area contributed by atoms with Crippen LogP contribution in [-0.4, -0.2) is 54.5 Å². The van der Waals surface area contributed by atoms with Crippen molar-refractivity contribution >= 4 is 40.6 Å². The molecule has 1 aromatic heterocycles. The second-order valence-corrected chi connectivity index (χ2v) is 9.31. The summed E-state index contributed by atoms with van der Waals surface area (Å²) in [6.45, 7) is 5.00. The van der Waals surface area contributed by atoms with Gasteiger partial charge in [-0.3, -0.25) is 19.3 Å². The molecule has 1 aliphatic heterocycles. The first-order valence-corrected chi connectivity index (χ1v) is 11.9. The number of carbonyl (C=O) groups is 3. The molecular formula is C23H31N5O5S. The Labute approximate surface area is 202 Å². The summed E-state index contributed by atoms with van der Waals surface area (Å²) in [7, 11) is 1.54. The summed E-state index contributed by atoms with van der Waals surface area (Å²) >= 11 is 0.782. The van der Waals surface area contributed by atoms with E-state index in [1.165, 1.54) is 4.90 Å². The normalized spacial score (nSPS) is 16.3. The lowest BCUT2D eigenvalue weighted by Gasteiger charge is -2.32. The lowest BCUT2D eigenvalue weighted by molar-refractivity contribution is -0.123. The van der Waals surface area contributed by atoms with Gasteiger partial charge in [0.2, 0.25) is 5.91 Å². The fourth-order valence-corrected chi connectivity index (χ4v) is 4.58. The van der Waals surface area contributed by atoms with Crippen LogP contribution < -0.4 is 26.4 Å². The van der Waals surface area contributed by atoms with Crippen molar-refractivity contribution in [3.63, 3.8) is 0 Å². The SMILES string of the molecule is COc1ccc(N(C(=O)c2snc(C(N)=O)c2N)[C@@H](CC(C)C)C(=O)NC[C@@H]2CCCO2)cc1. The summed E-state index contributed by atoms with van der Waals surface area (Å²) in [6, 6.07) is 5.97. The third-order valence-corrected chi connectivity index (χ3v) is 6.41. The predicted molar refractivity (Wildman–Crippen MR) is 130 cm³/mol. The Morgan fingerprint density at radius 2 is 2.00 bits per heavy atom. The van der Waals surface area contributed by atoms with Gasteiger partial charge in [-0.25, -0.2) is 0 Å². The van der Waals surface area contributed by atoms with Crippen LogP contribution in [0.3, 0.4) is 0 Å².